The molecule has 0 atom stereocenters. The van der Waals surface area contributed by atoms with Gasteiger partial charge in [0.1, 0.15) is 5.78 Å². The fourth-order valence-corrected chi connectivity index (χ4v) is 3.89. The number of benzene rings is 2. The predicted octanol–water partition coefficient (Wildman–Crippen LogP) is 3.53. The van der Waals surface area contributed by atoms with Crippen molar-refractivity contribution in [1.82, 2.24) is 20.2 Å². The van der Waals surface area contributed by atoms with E-state index in [-0.39, 0.29) is 17.1 Å². The van der Waals surface area contributed by atoms with Gasteiger partial charge in [-0.15, -0.1) is 5.10 Å². The fourth-order valence-electron chi connectivity index (χ4n) is 3.10. The number of carboxylic acid groups (broad SMARTS) is 1. The summed E-state index contributed by atoms with van der Waals surface area (Å²) in [4.78, 5) is 23.3. The summed E-state index contributed by atoms with van der Waals surface area (Å²) in [5.41, 5.74) is 3.43. The molecule has 7 nitrogen and oxygen atoms in total. The number of rotatable bonds is 9. The lowest BCUT2D eigenvalue weighted by Gasteiger charge is -2.06. The molecular weight excluding hydrogens is 388 g/mol. The lowest BCUT2D eigenvalue weighted by Crippen LogP contribution is -2.06. The Morgan fingerprint density at radius 2 is 1.93 bits per heavy atom. The van der Waals surface area contributed by atoms with Crippen LogP contribution in [0.5, 0.6) is 0 Å². The van der Waals surface area contributed by atoms with Crippen molar-refractivity contribution in [3.8, 4) is 5.69 Å². The normalized spacial score (nSPS) is 13.4. The highest BCUT2D eigenvalue weighted by Crippen LogP contribution is 2.40. The first-order valence-corrected chi connectivity index (χ1v) is 10.4. The van der Waals surface area contributed by atoms with E-state index in [1.165, 1.54) is 52.5 Å². The number of aryl methyl sites for hydroxylation is 1. The predicted molar refractivity (Wildman–Crippen MR) is 109 cm³/mol. The number of tetrazole rings is 1. The summed E-state index contributed by atoms with van der Waals surface area (Å²) in [7, 11) is 0. The third-order valence-corrected chi connectivity index (χ3v) is 5.83. The molecule has 1 aromatic heterocycles. The minimum Gasteiger partial charge on any atom is -0.478 e. The first-order valence-electron chi connectivity index (χ1n) is 9.45. The number of ketones is 1. The molecule has 1 N–H and O–H groups in total. The third kappa shape index (κ3) is 4.89. The molecule has 1 aliphatic carbocycles. The van der Waals surface area contributed by atoms with Crippen molar-refractivity contribution in [2.24, 2.45) is 0 Å². The topological polar surface area (TPSA) is 98.0 Å². The Bertz CT molecular complexity index is 1030. The Labute approximate surface area is 172 Å². The van der Waals surface area contributed by atoms with Gasteiger partial charge in [-0.25, -0.2) is 4.79 Å². The summed E-state index contributed by atoms with van der Waals surface area (Å²) in [6.45, 7) is 0. The molecule has 1 aliphatic rings. The maximum atomic E-state index is 12.3. The molecule has 1 heterocycles. The van der Waals surface area contributed by atoms with E-state index in [1.54, 1.807) is 12.1 Å². The van der Waals surface area contributed by atoms with Crippen LogP contribution in [0.15, 0.2) is 53.7 Å². The standard InChI is InChI=1S/C21H20N4O3S/c26-19(11-4-14-2-1-3-17(12-14)15-5-6-15)13-29-21-22-23-24-25(21)18-9-7-16(8-10-18)20(27)28/h1-3,7-10,12,15H,4-6,11,13H2,(H,27,28). The average Bonchev–Trinajstić information content (AvgIpc) is 3.49. The number of aromatic nitrogens is 4. The van der Waals surface area contributed by atoms with Crippen LogP contribution in [0.2, 0.25) is 0 Å². The second-order valence-electron chi connectivity index (χ2n) is 7.07. The van der Waals surface area contributed by atoms with E-state index < -0.39 is 5.97 Å². The van der Waals surface area contributed by atoms with Gasteiger partial charge < -0.3 is 5.11 Å². The van der Waals surface area contributed by atoms with E-state index >= 15 is 0 Å². The zero-order valence-electron chi connectivity index (χ0n) is 15.7. The number of carboxylic acids is 1. The van der Waals surface area contributed by atoms with Crippen LogP contribution >= 0.6 is 11.8 Å². The van der Waals surface area contributed by atoms with Gasteiger partial charge in [0.2, 0.25) is 5.16 Å². The summed E-state index contributed by atoms with van der Waals surface area (Å²) in [6.07, 6.45) is 3.76. The van der Waals surface area contributed by atoms with E-state index in [2.05, 4.69) is 39.8 Å². The highest BCUT2D eigenvalue weighted by Gasteiger charge is 2.23. The molecule has 3 aromatic rings. The van der Waals surface area contributed by atoms with Crippen LogP contribution in [-0.2, 0) is 11.2 Å². The first kappa shape index (κ1) is 19.3. The highest BCUT2D eigenvalue weighted by molar-refractivity contribution is 7.99. The summed E-state index contributed by atoms with van der Waals surface area (Å²) in [6, 6.07) is 14.8. The van der Waals surface area contributed by atoms with Crippen molar-refractivity contribution in [1.29, 1.82) is 0 Å². The first-order chi connectivity index (χ1) is 14.1. The molecule has 0 aliphatic heterocycles. The van der Waals surface area contributed by atoms with Crippen LogP contribution in [0, 0.1) is 0 Å². The van der Waals surface area contributed by atoms with Crippen molar-refractivity contribution in [3.05, 3.63) is 65.2 Å². The summed E-state index contributed by atoms with van der Waals surface area (Å²) in [5.74, 6) is 0.152. The van der Waals surface area contributed by atoms with Gasteiger partial charge >= 0.3 is 5.97 Å². The largest absolute Gasteiger partial charge is 0.478 e. The lowest BCUT2D eigenvalue weighted by molar-refractivity contribution is -0.116. The minimum atomic E-state index is -0.990. The van der Waals surface area contributed by atoms with Gasteiger partial charge in [-0.2, -0.15) is 4.68 Å². The van der Waals surface area contributed by atoms with Crippen molar-refractivity contribution in [3.63, 3.8) is 0 Å². The molecule has 0 saturated heterocycles. The van der Waals surface area contributed by atoms with Gasteiger partial charge in [-0.3, -0.25) is 4.79 Å². The molecule has 0 bridgehead atoms. The Balaban J connectivity index is 1.32. The summed E-state index contributed by atoms with van der Waals surface area (Å²) >= 11 is 1.28. The maximum Gasteiger partial charge on any atom is 0.335 e. The van der Waals surface area contributed by atoms with Gasteiger partial charge in [0, 0.05) is 6.42 Å². The molecule has 4 rings (SSSR count). The Morgan fingerprint density at radius 3 is 2.66 bits per heavy atom. The molecule has 0 spiro atoms. The monoisotopic (exact) mass is 408 g/mol. The van der Waals surface area contributed by atoms with Crippen LogP contribution in [0.25, 0.3) is 5.69 Å². The molecular formula is C21H20N4O3S. The van der Waals surface area contributed by atoms with Crippen molar-refractivity contribution < 1.29 is 14.7 Å². The molecule has 148 valence electrons. The smallest absolute Gasteiger partial charge is 0.335 e. The number of Topliss-reactive ketones (excluding diaryl/α,β-unsaturated/α-hetero) is 1. The number of carbonyl (C=O) groups excluding carboxylic acids is 1. The van der Waals surface area contributed by atoms with E-state index in [1.807, 2.05) is 0 Å². The molecule has 0 radical (unpaired) electrons. The molecule has 0 amide bonds. The number of thioether (sulfide) groups is 1. The van der Waals surface area contributed by atoms with Crippen molar-refractivity contribution in [2.45, 2.75) is 36.8 Å². The maximum absolute atomic E-state index is 12.3. The number of hydrogen-bond donors (Lipinski definition) is 1. The summed E-state index contributed by atoms with van der Waals surface area (Å²) < 4.78 is 1.50. The third-order valence-electron chi connectivity index (χ3n) is 4.85. The van der Waals surface area contributed by atoms with Gasteiger partial charge in [-0.05, 0) is 71.0 Å². The second kappa shape index (κ2) is 8.57. The number of hydrogen-bond acceptors (Lipinski definition) is 6. The average molecular weight is 408 g/mol. The molecule has 1 fully saturated rings. The molecule has 2 aromatic carbocycles. The van der Waals surface area contributed by atoms with E-state index in [0.29, 0.717) is 23.2 Å². The Morgan fingerprint density at radius 1 is 1.14 bits per heavy atom. The second-order valence-corrected chi connectivity index (χ2v) is 8.01. The van der Waals surface area contributed by atoms with Gasteiger partial charge in [0.05, 0.1) is 17.0 Å². The molecule has 29 heavy (non-hydrogen) atoms. The lowest BCUT2D eigenvalue weighted by atomic mass is 10.0. The van der Waals surface area contributed by atoms with Crippen LogP contribution < -0.4 is 0 Å². The molecule has 8 heteroatoms. The summed E-state index contributed by atoms with van der Waals surface area (Å²) in [5, 5.41) is 21.1. The van der Waals surface area contributed by atoms with Crippen LogP contribution in [-0.4, -0.2) is 42.8 Å². The van der Waals surface area contributed by atoms with Crippen LogP contribution in [0.4, 0.5) is 0 Å². The van der Waals surface area contributed by atoms with E-state index in [0.717, 1.165) is 6.42 Å². The van der Waals surface area contributed by atoms with Crippen molar-refractivity contribution >= 4 is 23.5 Å². The number of carbonyl (C=O) groups is 2. The van der Waals surface area contributed by atoms with Crippen LogP contribution in [0.1, 0.15) is 46.7 Å². The fraction of sp³-hybridized carbons (Fsp3) is 0.286. The van der Waals surface area contributed by atoms with E-state index in [9.17, 15) is 9.59 Å². The quantitative estimate of drug-likeness (QED) is 0.541. The zero-order chi connectivity index (χ0) is 20.2. The van der Waals surface area contributed by atoms with E-state index in [4.69, 9.17) is 5.11 Å². The van der Waals surface area contributed by atoms with Gasteiger partial charge in [0.25, 0.3) is 0 Å². The van der Waals surface area contributed by atoms with Crippen LogP contribution in [0.3, 0.4) is 0 Å². The number of nitrogens with zero attached hydrogens (tertiary/aromatic N) is 4. The molecule has 1 saturated carbocycles. The zero-order valence-corrected chi connectivity index (χ0v) is 16.5. The van der Waals surface area contributed by atoms with Gasteiger partial charge in [0.15, 0.2) is 0 Å². The minimum absolute atomic E-state index is 0.141. The van der Waals surface area contributed by atoms with Crippen molar-refractivity contribution in [2.75, 3.05) is 5.75 Å². The SMILES string of the molecule is O=C(CCc1cccc(C2CC2)c1)CSc1nnnn1-c1ccc(C(=O)O)cc1. The van der Waals surface area contributed by atoms with Gasteiger partial charge in [-0.1, -0.05) is 36.0 Å². The number of aromatic carboxylic acids is 1. The highest BCUT2D eigenvalue weighted by atomic mass is 32.2. The Kier molecular flexibility index (Phi) is 5.71. The Hall–Kier alpha value is -3.00. The molecule has 0 unspecified atom stereocenters.